The quantitative estimate of drug-likeness (QED) is 0.756. The van der Waals surface area contributed by atoms with Crippen LogP contribution in [-0.4, -0.2) is 5.91 Å². The molecule has 1 aromatic rings. The zero-order chi connectivity index (χ0) is 12.0. The maximum absolute atomic E-state index is 11.3. The van der Waals surface area contributed by atoms with E-state index in [0.717, 1.165) is 16.7 Å². The maximum Gasteiger partial charge on any atom is 0.244 e. The third-order valence-corrected chi connectivity index (χ3v) is 2.15. The number of nitrogens with two attached hydrogens (primary N) is 1. The lowest BCUT2D eigenvalue weighted by atomic mass is 10.1. The van der Waals surface area contributed by atoms with Crippen LogP contribution in [0.3, 0.4) is 0 Å². The summed E-state index contributed by atoms with van der Waals surface area (Å²) in [4.78, 5) is 11.3. The average Bonchev–Trinajstić information content (AvgIpc) is 2.26. The Bertz CT molecular complexity index is 375. The van der Waals surface area contributed by atoms with Gasteiger partial charge < -0.3 is 11.1 Å². The lowest BCUT2D eigenvalue weighted by Crippen LogP contribution is -2.20. The summed E-state index contributed by atoms with van der Waals surface area (Å²) in [7, 11) is 0. The minimum Gasteiger partial charge on any atom is -0.348 e. The molecule has 0 atom stereocenters. The van der Waals surface area contributed by atoms with Gasteiger partial charge in [0.05, 0.1) is 0 Å². The second-order valence-corrected chi connectivity index (χ2v) is 3.96. The molecule has 0 unspecified atom stereocenters. The smallest absolute Gasteiger partial charge is 0.244 e. The molecule has 0 aliphatic carbocycles. The molecule has 16 heavy (non-hydrogen) atoms. The zero-order valence-electron chi connectivity index (χ0n) is 9.79. The molecule has 3 heteroatoms. The predicted molar refractivity (Wildman–Crippen MR) is 65.6 cm³/mol. The van der Waals surface area contributed by atoms with E-state index in [1.165, 1.54) is 0 Å². The van der Waals surface area contributed by atoms with Gasteiger partial charge in [-0.2, -0.15) is 0 Å². The molecule has 0 fully saturated rings. The highest BCUT2D eigenvalue weighted by Crippen LogP contribution is 2.03. The van der Waals surface area contributed by atoms with Gasteiger partial charge in [0, 0.05) is 19.2 Å². The molecule has 0 saturated carbocycles. The third-order valence-electron chi connectivity index (χ3n) is 2.15. The van der Waals surface area contributed by atoms with Gasteiger partial charge >= 0.3 is 0 Å². The SMILES string of the molecule is CC(C)=CC(=O)NCc1ccc(CN)cc1. The minimum atomic E-state index is -0.0529. The molecule has 0 aliphatic heterocycles. The Morgan fingerprint density at radius 2 is 1.81 bits per heavy atom. The summed E-state index contributed by atoms with van der Waals surface area (Å²) >= 11 is 0. The minimum absolute atomic E-state index is 0.0529. The number of hydrogen-bond acceptors (Lipinski definition) is 2. The number of nitrogens with one attached hydrogen (secondary N) is 1. The predicted octanol–water partition coefficient (Wildman–Crippen LogP) is 1.73. The number of hydrogen-bond donors (Lipinski definition) is 2. The Morgan fingerprint density at radius 3 is 2.31 bits per heavy atom. The second-order valence-electron chi connectivity index (χ2n) is 3.96. The Balaban J connectivity index is 2.48. The van der Waals surface area contributed by atoms with Gasteiger partial charge in [-0.05, 0) is 25.0 Å². The van der Waals surface area contributed by atoms with Crippen LogP contribution in [0.4, 0.5) is 0 Å². The molecular formula is C13H18N2O. The van der Waals surface area contributed by atoms with Crippen molar-refractivity contribution in [2.45, 2.75) is 26.9 Å². The van der Waals surface area contributed by atoms with Crippen LogP contribution in [-0.2, 0) is 17.9 Å². The van der Waals surface area contributed by atoms with Gasteiger partial charge in [0.2, 0.25) is 5.91 Å². The summed E-state index contributed by atoms with van der Waals surface area (Å²) in [6, 6.07) is 7.90. The van der Waals surface area contributed by atoms with E-state index in [-0.39, 0.29) is 5.91 Å². The molecule has 0 spiro atoms. The van der Waals surface area contributed by atoms with Gasteiger partial charge in [0.1, 0.15) is 0 Å². The first-order chi connectivity index (χ1) is 7.61. The van der Waals surface area contributed by atoms with E-state index in [9.17, 15) is 4.79 Å². The first kappa shape index (κ1) is 12.5. The van der Waals surface area contributed by atoms with E-state index in [1.807, 2.05) is 38.1 Å². The highest BCUT2D eigenvalue weighted by atomic mass is 16.1. The summed E-state index contributed by atoms with van der Waals surface area (Å²) in [5, 5.41) is 2.82. The largest absolute Gasteiger partial charge is 0.348 e. The van der Waals surface area contributed by atoms with Crippen LogP contribution in [0.25, 0.3) is 0 Å². The lowest BCUT2D eigenvalue weighted by Gasteiger charge is -2.04. The molecule has 1 rings (SSSR count). The van der Waals surface area contributed by atoms with Gasteiger partial charge in [0.15, 0.2) is 0 Å². The molecule has 3 N–H and O–H groups in total. The lowest BCUT2D eigenvalue weighted by molar-refractivity contribution is -0.116. The van der Waals surface area contributed by atoms with Gasteiger partial charge in [-0.25, -0.2) is 0 Å². The van der Waals surface area contributed by atoms with Crippen LogP contribution in [0, 0.1) is 0 Å². The number of carbonyl (C=O) groups is 1. The van der Waals surface area contributed by atoms with E-state index < -0.39 is 0 Å². The van der Waals surface area contributed by atoms with Crippen LogP contribution in [0.5, 0.6) is 0 Å². The van der Waals surface area contributed by atoms with Gasteiger partial charge in [-0.3, -0.25) is 4.79 Å². The molecule has 0 radical (unpaired) electrons. The normalized spacial score (nSPS) is 9.69. The van der Waals surface area contributed by atoms with Gasteiger partial charge in [0.25, 0.3) is 0 Å². The Morgan fingerprint density at radius 1 is 1.25 bits per heavy atom. The van der Waals surface area contributed by atoms with E-state index in [1.54, 1.807) is 6.08 Å². The summed E-state index contributed by atoms with van der Waals surface area (Å²) in [6.45, 7) is 4.89. The summed E-state index contributed by atoms with van der Waals surface area (Å²) < 4.78 is 0. The number of benzene rings is 1. The Kier molecular flexibility index (Phi) is 4.73. The van der Waals surface area contributed by atoms with Crippen LogP contribution < -0.4 is 11.1 Å². The molecule has 1 aromatic carbocycles. The van der Waals surface area contributed by atoms with Crippen molar-refractivity contribution in [3.63, 3.8) is 0 Å². The summed E-state index contributed by atoms with van der Waals surface area (Å²) in [6.07, 6.45) is 1.59. The topological polar surface area (TPSA) is 55.1 Å². The van der Waals surface area contributed by atoms with E-state index in [4.69, 9.17) is 5.73 Å². The van der Waals surface area contributed by atoms with Crippen molar-refractivity contribution in [2.24, 2.45) is 5.73 Å². The van der Waals surface area contributed by atoms with Crippen LogP contribution in [0.15, 0.2) is 35.9 Å². The summed E-state index contributed by atoms with van der Waals surface area (Å²) in [5.74, 6) is -0.0529. The van der Waals surface area contributed by atoms with Crippen molar-refractivity contribution in [1.82, 2.24) is 5.32 Å². The second kappa shape index (κ2) is 6.08. The molecule has 0 aliphatic rings. The Hall–Kier alpha value is -1.61. The molecule has 3 nitrogen and oxygen atoms in total. The summed E-state index contributed by atoms with van der Waals surface area (Å²) in [5.41, 5.74) is 8.67. The number of amides is 1. The van der Waals surface area contributed by atoms with Crippen LogP contribution >= 0.6 is 0 Å². The van der Waals surface area contributed by atoms with E-state index in [0.29, 0.717) is 13.1 Å². The number of allylic oxidation sites excluding steroid dienone is 1. The number of carbonyl (C=O) groups excluding carboxylic acids is 1. The molecule has 0 bridgehead atoms. The van der Waals surface area contributed by atoms with Crippen molar-refractivity contribution < 1.29 is 4.79 Å². The standard InChI is InChI=1S/C13H18N2O/c1-10(2)7-13(16)15-9-12-5-3-11(8-14)4-6-12/h3-7H,8-9,14H2,1-2H3,(H,15,16). The van der Waals surface area contributed by atoms with E-state index in [2.05, 4.69) is 5.32 Å². The number of rotatable bonds is 4. The maximum atomic E-state index is 11.3. The van der Waals surface area contributed by atoms with Crippen molar-refractivity contribution in [2.75, 3.05) is 0 Å². The molecule has 86 valence electrons. The van der Waals surface area contributed by atoms with Crippen molar-refractivity contribution >= 4 is 5.91 Å². The first-order valence-corrected chi connectivity index (χ1v) is 5.32. The van der Waals surface area contributed by atoms with E-state index >= 15 is 0 Å². The van der Waals surface area contributed by atoms with Gasteiger partial charge in [-0.15, -0.1) is 0 Å². The van der Waals surface area contributed by atoms with Crippen molar-refractivity contribution in [3.05, 3.63) is 47.0 Å². The third kappa shape index (κ3) is 4.28. The monoisotopic (exact) mass is 218 g/mol. The molecule has 1 amide bonds. The average molecular weight is 218 g/mol. The van der Waals surface area contributed by atoms with Crippen LogP contribution in [0.1, 0.15) is 25.0 Å². The highest BCUT2D eigenvalue weighted by Gasteiger charge is 1.97. The molecular weight excluding hydrogens is 200 g/mol. The zero-order valence-corrected chi connectivity index (χ0v) is 9.79. The van der Waals surface area contributed by atoms with Crippen molar-refractivity contribution in [3.8, 4) is 0 Å². The van der Waals surface area contributed by atoms with Gasteiger partial charge in [-0.1, -0.05) is 29.8 Å². The highest BCUT2D eigenvalue weighted by molar-refractivity contribution is 5.87. The molecule has 0 heterocycles. The fraction of sp³-hybridized carbons (Fsp3) is 0.308. The fourth-order valence-electron chi connectivity index (χ4n) is 1.30. The Labute approximate surface area is 96.3 Å². The van der Waals surface area contributed by atoms with Crippen LogP contribution in [0.2, 0.25) is 0 Å². The van der Waals surface area contributed by atoms with Crippen molar-refractivity contribution in [1.29, 1.82) is 0 Å². The first-order valence-electron chi connectivity index (χ1n) is 5.32. The molecule has 0 saturated heterocycles. The fourth-order valence-corrected chi connectivity index (χ4v) is 1.30. The molecule has 0 aromatic heterocycles.